The summed E-state index contributed by atoms with van der Waals surface area (Å²) in [4.78, 5) is 36.4. The van der Waals surface area contributed by atoms with Crippen LogP contribution in [0.4, 0.5) is 11.4 Å². The fourth-order valence-electron chi connectivity index (χ4n) is 2.81. The highest BCUT2D eigenvalue weighted by Gasteiger charge is 2.36. The van der Waals surface area contributed by atoms with Gasteiger partial charge < -0.3 is 10.1 Å². The zero-order valence-electron chi connectivity index (χ0n) is 15.6. The van der Waals surface area contributed by atoms with E-state index in [1.165, 1.54) is 31.3 Å². The summed E-state index contributed by atoms with van der Waals surface area (Å²) < 4.78 is 5.59. The maximum Gasteiger partial charge on any atom is 0.277 e. The van der Waals surface area contributed by atoms with Crippen LogP contribution in [-0.4, -0.2) is 34.8 Å². The minimum atomic E-state index is -0.522. The summed E-state index contributed by atoms with van der Waals surface area (Å²) in [6.07, 6.45) is 0.0398. The number of amides is 2. The lowest BCUT2D eigenvalue weighted by Crippen LogP contribution is -2.27. The Morgan fingerprint density at radius 1 is 1.00 bits per heavy atom. The van der Waals surface area contributed by atoms with E-state index in [2.05, 4.69) is 5.32 Å². The molecule has 0 radical (unpaired) electrons. The highest BCUT2D eigenvalue weighted by atomic mass is 16.6. The van der Waals surface area contributed by atoms with E-state index >= 15 is 0 Å². The molecule has 3 rings (SSSR count). The maximum atomic E-state index is 12.6. The van der Waals surface area contributed by atoms with Crippen molar-refractivity contribution in [2.75, 3.05) is 12.4 Å². The van der Waals surface area contributed by atoms with Gasteiger partial charge in [0.1, 0.15) is 11.4 Å². The third-order valence-corrected chi connectivity index (χ3v) is 4.15. The van der Waals surface area contributed by atoms with Gasteiger partial charge in [-0.25, -0.2) is 0 Å². The zero-order valence-corrected chi connectivity index (χ0v) is 15.6. The van der Waals surface area contributed by atoms with Crippen LogP contribution in [0, 0.1) is 10.1 Å². The number of anilines is 1. The predicted molar refractivity (Wildman–Crippen MR) is 104 cm³/mol. The highest BCUT2D eigenvalue weighted by molar-refractivity contribution is 6.36. The molecule has 8 heteroatoms. The van der Waals surface area contributed by atoms with Crippen LogP contribution < -0.4 is 10.1 Å². The summed E-state index contributed by atoms with van der Waals surface area (Å²) in [5.74, 6) is -0.252. The van der Waals surface area contributed by atoms with Crippen LogP contribution in [0.2, 0.25) is 0 Å². The zero-order chi connectivity index (χ0) is 20.4. The molecule has 0 aliphatic carbocycles. The van der Waals surface area contributed by atoms with Crippen molar-refractivity contribution in [3.8, 4) is 5.75 Å². The van der Waals surface area contributed by atoms with Gasteiger partial charge in [-0.3, -0.25) is 24.6 Å². The molecular weight excluding hydrogens is 362 g/mol. The van der Waals surface area contributed by atoms with Gasteiger partial charge in [-0.15, -0.1) is 0 Å². The van der Waals surface area contributed by atoms with E-state index in [-0.39, 0.29) is 23.1 Å². The maximum absolute atomic E-state index is 12.6. The van der Waals surface area contributed by atoms with E-state index in [0.29, 0.717) is 17.0 Å². The van der Waals surface area contributed by atoms with E-state index < -0.39 is 16.7 Å². The quantitative estimate of drug-likeness (QED) is 0.468. The number of nitro groups is 1. The van der Waals surface area contributed by atoms with Crippen LogP contribution in [0.3, 0.4) is 0 Å². The Bertz CT molecular complexity index is 962. The molecule has 0 fully saturated rings. The molecule has 1 heterocycles. The van der Waals surface area contributed by atoms with Crippen molar-refractivity contribution in [3.63, 3.8) is 0 Å². The summed E-state index contributed by atoms with van der Waals surface area (Å²) >= 11 is 0. The Labute approximate surface area is 161 Å². The van der Waals surface area contributed by atoms with Crippen molar-refractivity contribution in [1.82, 2.24) is 4.90 Å². The van der Waals surface area contributed by atoms with Gasteiger partial charge in [0.2, 0.25) is 0 Å². The smallest absolute Gasteiger partial charge is 0.277 e. The number of non-ortho nitro benzene ring substituents is 1. The number of nitrogens with one attached hydrogen (secondary N) is 1. The summed E-state index contributed by atoms with van der Waals surface area (Å²) in [6.45, 7) is 3.85. The standard InChI is InChI=1S/C20H19N3O5/c1-12(2)28-16-10-6-14(7-11-16)21-18-17(19(24)22(3)20(18)25)13-4-8-15(9-5-13)23(26)27/h4-12,21H,1-3H3. The largest absolute Gasteiger partial charge is 0.491 e. The molecule has 0 spiro atoms. The first-order valence-corrected chi connectivity index (χ1v) is 8.63. The van der Waals surface area contributed by atoms with Gasteiger partial charge in [0.05, 0.1) is 16.6 Å². The van der Waals surface area contributed by atoms with E-state index in [9.17, 15) is 19.7 Å². The molecule has 0 saturated heterocycles. The Morgan fingerprint density at radius 3 is 2.14 bits per heavy atom. The predicted octanol–water partition coefficient (Wildman–Crippen LogP) is 3.20. The number of imide groups is 1. The van der Waals surface area contributed by atoms with E-state index in [0.717, 1.165) is 4.90 Å². The first-order chi connectivity index (χ1) is 13.3. The lowest BCUT2D eigenvalue weighted by molar-refractivity contribution is -0.384. The van der Waals surface area contributed by atoms with Crippen LogP contribution >= 0.6 is 0 Å². The lowest BCUT2D eigenvalue weighted by Gasteiger charge is -2.12. The van der Waals surface area contributed by atoms with Gasteiger partial charge in [0, 0.05) is 24.9 Å². The minimum Gasteiger partial charge on any atom is -0.491 e. The summed E-state index contributed by atoms with van der Waals surface area (Å²) in [7, 11) is 1.39. The van der Waals surface area contributed by atoms with Gasteiger partial charge in [-0.2, -0.15) is 0 Å². The molecule has 0 atom stereocenters. The lowest BCUT2D eigenvalue weighted by atomic mass is 10.0. The molecular formula is C20H19N3O5. The van der Waals surface area contributed by atoms with Crippen LogP contribution in [0.1, 0.15) is 19.4 Å². The monoisotopic (exact) mass is 381 g/mol. The SMILES string of the molecule is CC(C)Oc1ccc(NC2=C(c3ccc([N+](=O)[O-])cc3)C(=O)N(C)C2=O)cc1. The van der Waals surface area contributed by atoms with Gasteiger partial charge in [0.15, 0.2) is 0 Å². The molecule has 0 aromatic heterocycles. The molecule has 2 aromatic rings. The summed E-state index contributed by atoms with van der Waals surface area (Å²) in [5.41, 5.74) is 1.24. The van der Waals surface area contributed by atoms with Crippen LogP contribution in [0.15, 0.2) is 54.2 Å². The summed E-state index contributed by atoms with van der Waals surface area (Å²) in [5, 5.41) is 13.8. The van der Waals surface area contributed by atoms with Crippen LogP contribution in [0.25, 0.3) is 5.57 Å². The van der Waals surface area contributed by atoms with E-state index in [1.54, 1.807) is 24.3 Å². The molecule has 2 amide bonds. The number of ether oxygens (including phenoxy) is 1. The molecule has 0 bridgehead atoms. The second kappa shape index (κ2) is 7.51. The third kappa shape index (κ3) is 3.71. The second-order valence-corrected chi connectivity index (χ2v) is 6.54. The number of hydrogen-bond donors (Lipinski definition) is 1. The van der Waals surface area contributed by atoms with Gasteiger partial charge in [-0.1, -0.05) is 0 Å². The normalized spacial score (nSPS) is 14.1. The van der Waals surface area contributed by atoms with E-state index in [1.807, 2.05) is 13.8 Å². The van der Waals surface area contributed by atoms with Crippen molar-refractivity contribution in [1.29, 1.82) is 0 Å². The number of benzene rings is 2. The van der Waals surface area contributed by atoms with Gasteiger partial charge in [0.25, 0.3) is 17.5 Å². The molecule has 2 aromatic carbocycles. The fourth-order valence-corrected chi connectivity index (χ4v) is 2.81. The van der Waals surface area contributed by atoms with Crippen molar-refractivity contribution in [2.24, 2.45) is 0 Å². The molecule has 28 heavy (non-hydrogen) atoms. The Kier molecular flexibility index (Phi) is 5.12. The molecule has 144 valence electrons. The number of nitro benzene ring substituents is 1. The van der Waals surface area contributed by atoms with Crippen molar-refractivity contribution in [2.45, 2.75) is 20.0 Å². The molecule has 8 nitrogen and oxygen atoms in total. The number of carbonyl (C=O) groups is 2. The number of carbonyl (C=O) groups excluding carboxylic acids is 2. The average molecular weight is 381 g/mol. The van der Waals surface area contributed by atoms with Gasteiger partial charge >= 0.3 is 0 Å². The van der Waals surface area contributed by atoms with Crippen LogP contribution in [-0.2, 0) is 9.59 Å². The average Bonchev–Trinajstić information content (AvgIpc) is 2.87. The number of rotatable bonds is 6. The first-order valence-electron chi connectivity index (χ1n) is 8.63. The molecule has 0 unspecified atom stereocenters. The molecule has 1 N–H and O–H groups in total. The number of nitrogens with zero attached hydrogens (tertiary/aromatic N) is 2. The topological polar surface area (TPSA) is 102 Å². The van der Waals surface area contributed by atoms with Crippen molar-refractivity contribution < 1.29 is 19.2 Å². The van der Waals surface area contributed by atoms with E-state index in [4.69, 9.17) is 4.74 Å². The highest BCUT2D eigenvalue weighted by Crippen LogP contribution is 2.31. The Morgan fingerprint density at radius 2 is 1.61 bits per heavy atom. The Balaban J connectivity index is 1.95. The van der Waals surface area contributed by atoms with Crippen molar-refractivity contribution >= 4 is 28.8 Å². The number of likely N-dealkylation sites (N-methyl/N-ethyl adjacent to an activating group) is 1. The first kappa shape index (κ1) is 19.1. The minimum absolute atomic E-state index is 0.0398. The molecule has 1 aliphatic heterocycles. The van der Waals surface area contributed by atoms with Gasteiger partial charge in [-0.05, 0) is 55.8 Å². The molecule has 0 saturated carbocycles. The summed E-state index contributed by atoms with van der Waals surface area (Å²) in [6, 6.07) is 12.5. The number of hydrogen-bond acceptors (Lipinski definition) is 6. The fraction of sp³-hybridized carbons (Fsp3) is 0.200. The molecule has 1 aliphatic rings. The Hall–Kier alpha value is -3.68. The second-order valence-electron chi connectivity index (χ2n) is 6.54. The van der Waals surface area contributed by atoms with Crippen molar-refractivity contribution in [3.05, 3.63) is 69.9 Å². The third-order valence-electron chi connectivity index (χ3n) is 4.15. The van der Waals surface area contributed by atoms with Crippen LogP contribution in [0.5, 0.6) is 5.75 Å².